The van der Waals surface area contributed by atoms with Gasteiger partial charge in [0, 0.05) is 12.8 Å². The summed E-state index contributed by atoms with van der Waals surface area (Å²) >= 11 is 2.19. The molecule has 0 saturated carbocycles. The molecule has 0 aliphatic heterocycles. The number of benzene rings is 2. The number of carbonyl (C=O) groups is 2. The summed E-state index contributed by atoms with van der Waals surface area (Å²) in [5.41, 5.74) is 2.47. The van der Waals surface area contributed by atoms with Gasteiger partial charge in [0.25, 0.3) is 0 Å². The van der Waals surface area contributed by atoms with Crippen molar-refractivity contribution >= 4 is 45.7 Å². The summed E-state index contributed by atoms with van der Waals surface area (Å²) in [5, 5.41) is 1.82. The Labute approximate surface area is 171 Å². The number of hydrogen-bond donors (Lipinski definition) is 0. The zero-order valence-electron chi connectivity index (χ0n) is 15.4. The summed E-state index contributed by atoms with van der Waals surface area (Å²) in [6, 6.07) is 11.5. The van der Waals surface area contributed by atoms with Gasteiger partial charge in [0.2, 0.25) is 6.41 Å². The molecule has 1 heterocycles. The molecule has 0 bridgehead atoms. The molecule has 3 aromatic rings. The van der Waals surface area contributed by atoms with Crippen LogP contribution in [0.5, 0.6) is 0 Å². The van der Waals surface area contributed by atoms with Crippen LogP contribution in [0.1, 0.15) is 47.2 Å². The molecule has 0 atom stereocenters. The lowest BCUT2D eigenvalue weighted by atomic mass is 9.97. The minimum absolute atomic E-state index is 0.355. The van der Waals surface area contributed by atoms with E-state index in [-0.39, 0.29) is 5.97 Å². The fourth-order valence-electron chi connectivity index (χ4n) is 3.26. The standard InChI is InChI=1S/C21H21IN2O3/c1-3-4-9-19-23-20(22)18(24(19)13-25)12-14-10-11-17(21(26)27-2)16-8-6-5-7-15(14)16/h5-8,10-11,13H,3-4,9,12H2,1-2H3. The molecule has 140 valence electrons. The lowest BCUT2D eigenvalue weighted by molar-refractivity contribution is 0.0603. The monoisotopic (exact) mass is 476 g/mol. The fourth-order valence-corrected chi connectivity index (χ4v) is 3.99. The molecule has 6 heteroatoms. The van der Waals surface area contributed by atoms with E-state index in [9.17, 15) is 9.59 Å². The van der Waals surface area contributed by atoms with E-state index in [1.807, 2.05) is 30.3 Å². The second kappa shape index (κ2) is 8.65. The Morgan fingerprint density at radius 3 is 2.63 bits per heavy atom. The second-order valence-electron chi connectivity index (χ2n) is 6.33. The molecular formula is C21H21IN2O3. The molecule has 1 aromatic heterocycles. The van der Waals surface area contributed by atoms with E-state index in [1.165, 1.54) is 7.11 Å². The summed E-state index contributed by atoms with van der Waals surface area (Å²) < 4.78 is 7.41. The van der Waals surface area contributed by atoms with E-state index in [0.717, 1.165) is 57.2 Å². The molecule has 0 saturated heterocycles. The number of unbranched alkanes of at least 4 members (excludes halogenated alkanes) is 1. The minimum Gasteiger partial charge on any atom is -0.465 e. The molecule has 27 heavy (non-hydrogen) atoms. The number of ether oxygens (including phenoxy) is 1. The average molecular weight is 476 g/mol. The van der Waals surface area contributed by atoms with E-state index in [4.69, 9.17) is 4.74 Å². The van der Waals surface area contributed by atoms with Crippen LogP contribution >= 0.6 is 22.6 Å². The SMILES string of the molecule is CCCCc1nc(I)c(Cc2ccc(C(=O)OC)c3ccccc23)n1C=O. The zero-order chi connectivity index (χ0) is 19.4. The number of hydrogen-bond acceptors (Lipinski definition) is 4. The average Bonchev–Trinajstić information content (AvgIpc) is 3.00. The molecule has 2 aromatic carbocycles. The lowest BCUT2D eigenvalue weighted by Gasteiger charge is -2.11. The Kier molecular flexibility index (Phi) is 6.26. The van der Waals surface area contributed by atoms with Gasteiger partial charge >= 0.3 is 5.97 Å². The second-order valence-corrected chi connectivity index (χ2v) is 7.35. The van der Waals surface area contributed by atoms with Gasteiger partial charge in [-0.3, -0.25) is 9.36 Å². The number of carbonyl (C=O) groups excluding carboxylic acids is 2. The molecule has 0 unspecified atom stereocenters. The van der Waals surface area contributed by atoms with E-state index >= 15 is 0 Å². The smallest absolute Gasteiger partial charge is 0.338 e. The van der Waals surface area contributed by atoms with Crippen molar-refractivity contribution < 1.29 is 14.3 Å². The van der Waals surface area contributed by atoms with Crippen molar-refractivity contribution in [1.29, 1.82) is 0 Å². The van der Waals surface area contributed by atoms with Crippen LogP contribution in [0.25, 0.3) is 10.8 Å². The molecule has 3 rings (SSSR count). The number of aryl methyl sites for hydroxylation is 1. The number of aromatic nitrogens is 2. The molecule has 0 N–H and O–H groups in total. The molecule has 0 fully saturated rings. The first-order valence-electron chi connectivity index (χ1n) is 8.90. The summed E-state index contributed by atoms with van der Waals surface area (Å²) in [6.07, 6.45) is 4.25. The van der Waals surface area contributed by atoms with Crippen LogP contribution in [0.4, 0.5) is 0 Å². The third-order valence-electron chi connectivity index (χ3n) is 4.67. The Morgan fingerprint density at radius 2 is 1.96 bits per heavy atom. The van der Waals surface area contributed by atoms with Crippen LogP contribution in [-0.2, 0) is 22.4 Å². The lowest BCUT2D eigenvalue weighted by Crippen LogP contribution is -2.08. The van der Waals surface area contributed by atoms with Crippen molar-refractivity contribution in [3.05, 3.63) is 62.7 Å². The normalized spacial score (nSPS) is 10.9. The van der Waals surface area contributed by atoms with Crippen molar-refractivity contribution in [2.45, 2.75) is 32.6 Å². The van der Waals surface area contributed by atoms with Gasteiger partial charge in [0.15, 0.2) is 0 Å². The maximum atomic E-state index is 12.1. The minimum atomic E-state index is -0.355. The highest BCUT2D eigenvalue weighted by atomic mass is 127. The Hall–Kier alpha value is -2.22. The molecular weight excluding hydrogens is 455 g/mol. The molecule has 0 amide bonds. The van der Waals surface area contributed by atoms with Crippen molar-refractivity contribution in [2.24, 2.45) is 0 Å². The molecule has 5 nitrogen and oxygen atoms in total. The summed E-state index contributed by atoms with van der Waals surface area (Å²) in [6.45, 7) is 2.12. The van der Waals surface area contributed by atoms with Crippen LogP contribution < -0.4 is 0 Å². The van der Waals surface area contributed by atoms with Crippen LogP contribution in [0, 0.1) is 3.70 Å². The number of esters is 1. The van der Waals surface area contributed by atoms with Gasteiger partial charge in [-0.2, -0.15) is 0 Å². The number of rotatable bonds is 7. The van der Waals surface area contributed by atoms with E-state index in [2.05, 4.69) is 34.5 Å². The fraction of sp³-hybridized carbons (Fsp3) is 0.286. The highest BCUT2D eigenvalue weighted by molar-refractivity contribution is 14.1. The van der Waals surface area contributed by atoms with Crippen LogP contribution in [0.15, 0.2) is 36.4 Å². The number of imidazole rings is 1. The Bertz CT molecular complexity index is 995. The van der Waals surface area contributed by atoms with Crippen molar-refractivity contribution in [3.63, 3.8) is 0 Å². The molecule has 0 spiro atoms. The largest absolute Gasteiger partial charge is 0.465 e. The first-order valence-corrected chi connectivity index (χ1v) is 9.98. The number of halogens is 1. The quantitative estimate of drug-likeness (QED) is 0.288. The maximum Gasteiger partial charge on any atom is 0.338 e. The Balaban J connectivity index is 2.07. The topological polar surface area (TPSA) is 61.2 Å². The molecule has 0 radical (unpaired) electrons. The van der Waals surface area contributed by atoms with Gasteiger partial charge in [-0.1, -0.05) is 43.7 Å². The van der Waals surface area contributed by atoms with Gasteiger partial charge in [0.1, 0.15) is 9.53 Å². The predicted octanol–water partition coefficient (Wildman–Crippen LogP) is 4.40. The highest BCUT2D eigenvalue weighted by Gasteiger charge is 2.18. The van der Waals surface area contributed by atoms with Crippen LogP contribution in [0.3, 0.4) is 0 Å². The van der Waals surface area contributed by atoms with Gasteiger partial charge in [-0.05, 0) is 51.4 Å². The zero-order valence-corrected chi connectivity index (χ0v) is 17.5. The molecule has 0 aliphatic carbocycles. The van der Waals surface area contributed by atoms with Gasteiger partial charge in [0.05, 0.1) is 18.4 Å². The van der Waals surface area contributed by atoms with Crippen molar-refractivity contribution in [3.8, 4) is 0 Å². The summed E-state index contributed by atoms with van der Waals surface area (Å²) in [7, 11) is 1.38. The number of methoxy groups -OCH3 is 1. The number of nitrogens with zero attached hydrogens (tertiary/aromatic N) is 2. The Morgan fingerprint density at radius 1 is 1.22 bits per heavy atom. The van der Waals surface area contributed by atoms with Crippen molar-refractivity contribution in [2.75, 3.05) is 7.11 Å². The summed E-state index contributed by atoms with van der Waals surface area (Å²) in [5.74, 6) is 0.453. The number of fused-ring (bicyclic) bond motifs is 1. The van der Waals surface area contributed by atoms with Crippen molar-refractivity contribution in [1.82, 2.24) is 9.55 Å². The first-order chi connectivity index (χ1) is 13.1. The molecule has 0 aliphatic rings. The first kappa shape index (κ1) is 19.5. The predicted molar refractivity (Wildman–Crippen MR) is 114 cm³/mol. The third-order valence-corrected chi connectivity index (χ3v) is 5.53. The third kappa shape index (κ3) is 3.90. The van der Waals surface area contributed by atoms with Gasteiger partial charge in [-0.25, -0.2) is 9.78 Å². The van der Waals surface area contributed by atoms with E-state index in [1.54, 1.807) is 10.6 Å². The van der Waals surface area contributed by atoms with E-state index in [0.29, 0.717) is 12.0 Å². The van der Waals surface area contributed by atoms with Crippen LogP contribution in [0.2, 0.25) is 0 Å². The summed E-state index contributed by atoms with van der Waals surface area (Å²) in [4.78, 5) is 28.4. The van der Waals surface area contributed by atoms with Crippen LogP contribution in [-0.4, -0.2) is 29.0 Å². The van der Waals surface area contributed by atoms with Gasteiger partial charge in [-0.15, -0.1) is 0 Å². The highest BCUT2D eigenvalue weighted by Crippen LogP contribution is 2.27. The van der Waals surface area contributed by atoms with Gasteiger partial charge < -0.3 is 4.74 Å². The van der Waals surface area contributed by atoms with E-state index < -0.39 is 0 Å². The maximum absolute atomic E-state index is 12.1.